The molecule has 1 nitrogen and oxygen atoms in total. The van der Waals surface area contributed by atoms with Gasteiger partial charge in [-0.25, -0.2) is 0 Å². The first-order chi connectivity index (χ1) is 5.84. The minimum absolute atomic E-state index is 0. The molecule has 0 spiro atoms. The largest absolute Gasteiger partial charge is 0.388 e. The summed E-state index contributed by atoms with van der Waals surface area (Å²) in [5, 5.41) is 9.33. The number of rotatable bonds is 2. The van der Waals surface area contributed by atoms with Gasteiger partial charge in [0.2, 0.25) is 0 Å². The molecule has 0 aromatic heterocycles. The van der Waals surface area contributed by atoms with Gasteiger partial charge in [0.05, 0.1) is 6.10 Å². The average molecular weight is 231 g/mol. The molecule has 1 unspecified atom stereocenters. The molecule has 1 rings (SSSR count). The Morgan fingerprint density at radius 3 is 2.08 bits per heavy atom. The smallest absolute Gasteiger partial charge is 0.0787 e. The number of aliphatic hydroxyl groups excluding tert-OH is 1. The molecule has 0 heterocycles. The fraction of sp³-hybridized carbons (Fsp3) is 0.364. The molecule has 1 aromatic rings. The molecule has 0 amide bonds. The van der Waals surface area contributed by atoms with E-state index in [1.54, 1.807) is 6.92 Å². The molecule has 1 aromatic carbocycles. The average Bonchev–Trinajstić information content (AvgIpc) is 2.21. The van der Waals surface area contributed by atoms with Crippen molar-refractivity contribution in [2.45, 2.75) is 26.4 Å². The Hall–Kier alpha value is -0.197. The van der Waals surface area contributed by atoms with E-state index in [-0.39, 0.29) is 25.6 Å². The van der Waals surface area contributed by atoms with Crippen molar-refractivity contribution in [3.05, 3.63) is 42.8 Å². The molecule has 2 heteroatoms. The second-order valence-electron chi connectivity index (χ2n) is 2.33. The van der Waals surface area contributed by atoms with Gasteiger partial charge in [0.15, 0.2) is 0 Å². The van der Waals surface area contributed by atoms with E-state index in [1.165, 1.54) is 0 Å². The third-order valence-corrected chi connectivity index (χ3v) is 1.57. The molecule has 1 atom stereocenters. The molecule has 0 fully saturated rings. The molecular weight excluding hydrogens is 214 g/mol. The summed E-state index contributed by atoms with van der Waals surface area (Å²) in [5.41, 5.74) is 1.00. The second kappa shape index (κ2) is 9.89. The standard InChI is InChI=1S/C9H12O.C2H5.Zn/c1-2-9(10)8-6-4-3-5-7-8;1-2;/h3-7,9-10H,2H2,1H3;1H2,2H3;/q;-1;. The van der Waals surface area contributed by atoms with Crippen LogP contribution in [0.2, 0.25) is 0 Å². The minimum atomic E-state index is -0.291. The van der Waals surface area contributed by atoms with Gasteiger partial charge in [0, 0.05) is 19.5 Å². The van der Waals surface area contributed by atoms with E-state index in [9.17, 15) is 5.11 Å². The molecule has 0 saturated heterocycles. The Labute approximate surface area is 93.9 Å². The Morgan fingerprint density at radius 2 is 1.69 bits per heavy atom. The zero-order chi connectivity index (χ0) is 9.40. The van der Waals surface area contributed by atoms with Crippen LogP contribution in [0.3, 0.4) is 0 Å². The van der Waals surface area contributed by atoms with E-state index in [2.05, 4.69) is 6.92 Å². The summed E-state index contributed by atoms with van der Waals surface area (Å²) in [7, 11) is 0. The predicted octanol–water partition coefficient (Wildman–Crippen LogP) is 2.97. The SMILES string of the molecule is CCC(O)c1ccccc1.[CH2-]C.[Zn]. The molecule has 0 aliphatic heterocycles. The van der Waals surface area contributed by atoms with Crippen molar-refractivity contribution >= 4 is 0 Å². The first-order valence-corrected chi connectivity index (χ1v) is 4.28. The fourth-order valence-corrected chi connectivity index (χ4v) is 0.911. The normalized spacial score (nSPS) is 10.5. The van der Waals surface area contributed by atoms with Crippen LogP contribution in [0.4, 0.5) is 0 Å². The van der Waals surface area contributed by atoms with Gasteiger partial charge >= 0.3 is 0 Å². The fourth-order valence-electron chi connectivity index (χ4n) is 0.911. The quantitative estimate of drug-likeness (QED) is 0.612. The monoisotopic (exact) mass is 229 g/mol. The van der Waals surface area contributed by atoms with E-state index >= 15 is 0 Å². The van der Waals surface area contributed by atoms with E-state index in [0.717, 1.165) is 12.0 Å². The van der Waals surface area contributed by atoms with Crippen molar-refractivity contribution < 1.29 is 24.6 Å². The van der Waals surface area contributed by atoms with Crippen molar-refractivity contribution in [1.29, 1.82) is 0 Å². The summed E-state index contributed by atoms with van der Waals surface area (Å²) in [6.07, 6.45) is 0.491. The zero-order valence-electron chi connectivity index (χ0n) is 8.53. The molecule has 0 aliphatic carbocycles. The van der Waals surface area contributed by atoms with Gasteiger partial charge in [-0.3, -0.25) is 0 Å². The summed E-state index contributed by atoms with van der Waals surface area (Å²) < 4.78 is 0. The maximum atomic E-state index is 9.33. The van der Waals surface area contributed by atoms with Gasteiger partial charge in [-0.2, -0.15) is 6.92 Å². The Kier molecular flexibility index (Phi) is 11.6. The van der Waals surface area contributed by atoms with Gasteiger partial charge < -0.3 is 12.0 Å². The van der Waals surface area contributed by atoms with Crippen LogP contribution in [-0.2, 0) is 19.5 Å². The van der Waals surface area contributed by atoms with Crippen molar-refractivity contribution in [2.75, 3.05) is 0 Å². The van der Waals surface area contributed by atoms with Crippen LogP contribution in [0.5, 0.6) is 0 Å². The molecule has 1 N–H and O–H groups in total. The van der Waals surface area contributed by atoms with Crippen molar-refractivity contribution in [3.63, 3.8) is 0 Å². The van der Waals surface area contributed by atoms with E-state index in [1.807, 2.05) is 37.3 Å². The number of benzene rings is 1. The van der Waals surface area contributed by atoms with E-state index in [0.29, 0.717) is 0 Å². The van der Waals surface area contributed by atoms with Crippen molar-refractivity contribution in [2.24, 2.45) is 0 Å². The van der Waals surface area contributed by atoms with Gasteiger partial charge in [0.1, 0.15) is 0 Å². The molecule has 0 aliphatic rings. The zero-order valence-corrected chi connectivity index (χ0v) is 11.5. The summed E-state index contributed by atoms with van der Waals surface area (Å²) >= 11 is 0. The summed E-state index contributed by atoms with van der Waals surface area (Å²) in [6.45, 7) is 6.97. The van der Waals surface area contributed by atoms with Gasteiger partial charge in [0.25, 0.3) is 0 Å². The molecule has 0 bridgehead atoms. The van der Waals surface area contributed by atoms with Crippen LogP contribution >= 0.6 is 0 Å². The summed E-state index contributed by atoms with van der Waals surface area (Å²) in [6, 6.07) is 9.70. The van der Waals surface area contributed by atoms with Crippen LogP contribution in [0.25, 0.3) is 0 Å². The maximum absolute atomic E-state index is 9.33. The molecular formula is C11H17OZn-. The van der Waals surface area contributed by atoms with Crippen LogP contribution in [0.1, 0.15) is 31.9 Å². The van der Waals surface area contributed by atoms with Crippen molar-refractivity contribution in [1.82, 2.24) is 0 Å². The first kappa shape index (κ1) is 15.3. The van der Waals surface area contributed by atoms with Gasteiger partial charge in [-0.1, -0.05) is 37.3 Å². The minimum Gasteiger partial charge on any atom is -0.388 e. The number of hydrogen-bond acceptors (Lipinski definition) is 1. The van der Waals surface area contributed by atoms with E-state index in [4.69, 9.17) is 0 Å². The number of aliphatic hydroxyl groups is 1. The second-order valence-corrected chi connectivity index (χ2v) is 2.33. The molecule has 0 saturated carbocycles. The third kappa shape index (κ3) is 5.95. The van der Waals surface area contributed by atoms with Crippen LogP contribution in [0.15, 0.2) is 30.3 Å². The van der Waals surface area contributed by atoms with E-state index < -0.39 is 0 Å². The first-order valence-electron chi connectivity index (χ1n) is 4.28. The van der Waals surface area contributed by atoms with Gasteiger partial charge in [-0.15, -0.1) is 0 Å². The molecule has 70 valence electrons. The predicted molar refractivity (Wildman–Crippen MR) is 52.7 cm³/mol. The van der Waals surface area contributed by atoms with Crippen LogP contribution < -0.4 is 0 Å². The summed E-state index contributed by atoms with van der Waals surface area (Å²) in [5.74, 6) is 0. The third-order valence-electron chi connectivity index (χ3n) is 1.57. The van der Waals surface area contributed by atoms with Crippen LogP contribution in [0, 0.1) is 6.92 Å². The number of hydrogen-bond donors (Lipinski definition) is 1. The Morgan fingerprint density at radius 1 is 1.23 bits per heavy atom. The summed E-state index contributed by atoms with van der Waals surface area (Å²) in [4.78, 5) is 0. The van der Waals surface area contributed by atoms with Crippen LogP contribution in [-0.4, -0.2) is 5.11 Å². The Balaban J connectivity index is 0. The Bertz CT molecular complexity index is 187. The van der Waals surface area contributed by atoms with Crippen molar-refractivity contribution in [3.8, 4) is 0 Å². The molecule has 13 heavy (non-hydrogen) atoms. The van der Waals surface area contributed by atoms with Gasteiger partial charge in [-0.05, 0) is 12.0 Å². The topological polar surface area (TPSA) is 20.2 Å². The maximum Gasteiger partial charge on any atom is 0.0787 e. The molecule has 0 radical (unpaired) electrons.